The van der Waals surface area contributed by atoms with Crippen molar-refractivity contribution in [1.29, 1.82) is 0 Å². The van der Waals surface area contributed by atoms with Crippen molar-refractivity contribution in [3.63, 3.8) is 0 Å². The van der Waals surface area contributed by atoms with Gasteiger partial charge in [0.1, 0.15) is 0 Å². The summed E-state index contributed by atoms with van der Waals surface area (Å²) in [5.74, 6) is 0. The van der Waals surface area contributed by atoms with E-state index in [1.807, 2.05) is 11.3 Å². The maximum Gasteiger partial charge on any atom is 0.0554 e. The highest BCUT2D eigenvalue weighted by atomic mass is 32.1. The van der Waals surface area contributed by atoms with Gasteiger partial charge in [-0.3, -0.25) is 0 Å². The Morgan fingerprint density at radius 1 is 0.364 bits per heavy atom. The van der Waals surface area contributed by atoms with Gasteiger partial charge in [0.05, 0.1) is 5.69 Å². The summed E-state index contributed by atoms with van der Waals surface area (Å²) in [6, 6.07) is 59.8. The second kappa shape index (κ2) is 10.1. The molecule has 0 spiro atoms. The summed E-state index contributed by atoms with van der Waals surface area (Å²) < 4.78 is 2.61. The van der Waals surface area contributed by atoms with Crippen LogP contribution in [-0.4, -0.2) is 0 Å². The van der Waals surface area contributed by atoms with Crippen LogP contribution in [-0.2, 0) is 0 Å². The van der Waals surface area contributed by atoms with E-state index in [2.05, 4.69) is 169 Å². The predicted octanol–water partition coefficient (Wildman–Crippen LogP) is 12.7. The summed E-state index contributed by atoms with van der Waals surface area (Å²) in [7, 11) is 0. The van der Waals surface area contributed by atoms with Gasteiger partial charge in [-0.05, 0) is 85.9 Å². The molecule has 1 aromatic heterocycles. The average molecular weight is 578 g/mol. The number of thiophene rings is 1. The van der Waals surface area contributed by atoms with E-state index in [0.29, 0.717) is 0 Å². The molecule has 0 radical (unpaired) electrons. The number of anilines is 3. The second-order valence-corrected chi connectivity index (χ2v) is 12.4. The summed E-state index contributed by atoms with van der Waals surface area (Å²) in [5.41, 5.74) is 5.91. The van der Waals surface area contributed by atoms with Crippen LogP contribution < -0.4 is 4.90 Å². The first-order valence-corrected chi connectivity index (χ1v) is 15.8. The predicted molar refractivity (Wildman–Crippen MR) is 192 cm³/mol. The molecule has 0 amide bonds. The molecule has 0 fully saturated rings. The summed E-state index contributed by atoms with van der Waals surface area (Å²) in [6.45, 7) is 0. The second-order valence-electron chi connectivity index (χ2n) is 11.4. The molecule has 1 nitrogen and oxygen atoms in total. The fourth-order valence-electron chi connectivity index (χ4n) is 6.76. The van der Waals surface area contributed by atoms with Gasteiger partial charge in [0, 0.05) is 31.5 Å². The zero-order valence-electron chi connectivity index (χ0n) is 23.9. The smallest absolute Gasteiger partial charge is 0.0554 e. The van der Waals surface area contributed by atoms with Crippen LogP contribution in [0.4, 0.5) is 17.1 Å². The highest BCUT2D eigenvalue weighted by Crippen LogP contribution is 2.46. The molecule has 0 aliphatic heterocycles. The van der Waals surface area contributed by atoms with Crippen molar-refractivity contribution in [3.05, 3.63) is 164 Å². The van der Waals surface area contributed by atoms with Crippen LogP contribution in [0, 0.1) is 0 Å². The van der Waals surface area contributed by atoms with E-state index < -0.39 is 0 Å². The third-order valence-corrected chi connectivity index (χ3v) is 9.96. The minimum absolute atomic E-state index is 1.14. The van der Waals surface area contributed by atoms with E-state index in [1.165, 1.54) is 69.3 Å². The SMILES string of the molecule is c1ccc(-c2ccc(N(c3ccc4ccc5ccc6ccccc6c5c4c3)c3cccc4sc5ccccc5c34)cc2)cc1. The first-order valence-electron chi connectivity index (χ1n) is 15.0. The van der Waals surface area contributed by atoms with Gasteiger partial charge in [0.25, 0.3) is 0 Å². The van der Waals surface area contributed by atoms with E-state index in [-0.39, 0.29) is 0 Å². The lowest BCUT2D eigenvalue weighted by atomic mass is 9.96. The zero-order valence-corrected chi connectivity index (χ0v) is 24.8. The number of hydrogen-bond acceptors (Lipinski definition) is 2. The van der Waals surface area contributed by atoms with Crippen molar-refractivity contribution >= 4 is 80.9 Å². The van der Waals surface area contributed by atoms with Gasteiger partial charge in [0.15, 0.2) is 0 Å². The van der Waals surface area contributed by atoms with Gasteiger partial charge in [-0.1, -0.05) is 121 Å². The number of hydrogen-bond donors (Lipinski definition) is 0. The molecular formula is C42H27NS. The van der Waals surface area contributed by atoms with Crippen molar-refractivity contribution in [1.82, 2.24) is 0 Å². The summed E-state index contributed by atoms with van der Waals surface area (Å²) in [4.78, 5) is 2.44. The molecule has 8 aromatic carbocycles. The van der Waals surface area contributed by atoms with Crippen molar-refractivity contribution in [2.75, 3.05) is 4.90 Å². The molecule has 0 N–H and O–H groups in total. The van der Waals surface area contributed by atoms with E-state index in [1.54, 1.807) is 0 Å². The first kappa shape index (κ1) is 25.1. The van der Waals surface area contributed by atoms with Gasteiger partial charge < -0.3 is 4.90 Å². The van der Waals surface area contributed by atoms with Gasteiger partial charge in [-0.25, -0.2) is 0 Å². The fraction of sp³-hybridized carbons (Fsp3) is 0. The molecule has 0 aliphatic rings. The normalized spacial score (nSPS) is 11.6. The van der Waals surface area contributed by atoms with Gasteiger partial charge in [-0.2, -0.15) is 0 Å². The van der Waals surface area contributed by atoms with Crippen LogP contribution in [0.2, 0.25) is 0 Å². The molecule has 1 heterocycles. The van der Waals surface area contributed by atoms with Crippen LogP contribution in [0.5, 0.6) is 0 Å². The Morgan fingerprint density at radius 2 is 0.977 bits per heavy atom. The van der Waals surface area contributed by atoms with E-state index in [4.69, 9.17) is 0 Å². The van der Waals surface area contributed by atoms with Crippen LogP contribution >= 0.6 is 11.3 Å². The number of rotatable bonds is 4. The molecule has 0 bridgehead atoms. The highest BCUT2D eigenvalue weighted by Gasteiger charge is 2.19. The van der Waals surface area contributed by atoms with Gasteiger partial charge in [-0.15, -0.1) is 11.3 Å². The number of benzene rings is 8. The van der Waals surface area contributed by atoms with E-state index in [9.17, 15) is 0 Å². The standard InChI is InChI=1S/C42H27NS/c1-2-9-28(10-3-1)29-21-24-33(25-22-29)43(38-14-8-16-40-42(38)36-13-6-7-15-39(36)44-40)34-26-23-31-18-20-32-19-17-30-11-4-5-12-35(30)41(32)37(31)27-34/h1-27H. The number of nitrogens with zero attached hydrogens (tertiary/aromatic N) is 1. The van der Waals surface area contributed by atoms with Gasteiger partial charge >= 0.3 is 0 Å². The van der Waals surface area contributed by atoms with Crippen molar-refractivity contribution in [2.24, 2.45) is 0 Å². The average Bonchev–Trinajstić information content (AvgIpc) is 3.48. The molecule has 9 rings (SSSR count). The fourth-order valence-corrected chi connectivity index (χ4v) is 7.88. The van der Waals surface area contributed by atoms with Crippen LogP contribution in [0.3, 0.4) is 0 Å². The zero-order chi connectivity index (χ0) is 29.0. The van der Waals surface area contributed by atoms with Crippen LogP contribution in [0.15, 0.2) is 164 Å². The Hall–Kier alpha value is -5.44. The third kappa shape index (κ3) is 4.00. The summed E-state index contributed by atoms with van der Waals surface area (Å²) in [6.07, 6.45) is 0. The minimum atomic E-state index is 1.14. The van der Waals surface area contributed by atoms with Crippen LogP contribution in [0.25, 0.3) is 63.6 Å². The Labute approximate surface area is 259 Å². The summed E-state index contributed by atoms with van der Waals surface area (Å²) >= 11 is 1.86. The molecular weight excluding hydrogens is 551 g/mol. The van der Waals surface area contributed by atoms with E-state index in [0.717, 1.165) is 11.4 Å². The number of fused-ring (bicyclic) bond motifs is 8. The Balaban J connectivity index is 1.33. The molecule has 0 unspecified atom stereocenters. The maximum atomic E-state index is 2.44. The highest BCUT2D eigenvalue weighted by molar-refractivity contribution is 7.26. The molecule has 9 aromatic rings. The largest absolute Gasteiger partial charge is 0.310 e. The maximum absolute atomic E-state index is 2.44. The Morgan fingerprint density at radius 3 is 1.82 bits per heavy atom. The third-order valence-electron chi connectivity index (χ3n) is 8.82. The monoisotopic (exact) mass is 577 g/mol. The van der Waals surface area contributed by atoms with Crippen LogP contribution in [0.1, 0.15) is 0 Å². The lowest BCUT2D eigenvalue weighted by Crippen LogP contribution is -2.10. The van der Waals surface area contributed by atoms with Gasteiger partial charge in [0.2, 0.25) is 0 Å². The molecule has 206 valence electrons. The molecule has 0 saturated carbocycles. The van der Waals surface area contributed by atoms with Crippen molar-refractivity contribution in [2.45, 2.75) is 0 Å². The molecule has 44 heavy (non-hydrogen) atoms. The van der Waals surface area contributed by atoms with E-state index >= 15 is 0 Å². The Bertz CT molecular complexity index is 2480. The van der Waals surface area contributed by atoms with Crippen molar-refractivity contribution < 1.29 is 0 Å². The molecule has 0 aliphatic carbocycles. The summed E-state index contributed by atoms with van der Waals surface area (Å²) in [5, 5.41) is 10.2. The topological polar surface area (TPSA) is 3.24 Å². The van der Waals surface area contributed by atoms with Crippen molar-refractivity contribution in [3.8, 4) is 11.1 Å². The molecule has 0 saturated heterocycles. The quantitative estimate of drug-likeness (QED) is 0.188. The minimum Gasteiger partial charge on any atom is -0.310 e. The molecule has 0 atom stereocenters. The lowest BCUT2D eigenvalue weighted by molar-refractivity contribution is 1.31. The lowest BCUT2D eigenvalue weighted by Gasteiger charge is -2.27. The molecule has 2 heteroatoms. The Kier molecular flexibility index (Phi) is 5.75. The first-order chi connectivity index (χ1) is 21.8.